The van der Waals surface area contributed by atoms with Gasteiger partial charge in [-0.15, -0.1) is 5.11 Å². The zero-order chi connectivity index (χ0) is 22.6. The molecule has 0 aliphatic heterocycles. The summed E-state index contributed by atoms with van der Waals surface area (Å²) in [6.07, 6.45) is 0. The molecule has 2 rings (SSSR count). The van der Waals surface area contributed by atoms with Crippen LogP contribution in [0.2, 0.25) is 0 Å². The Hall–Kier alpha value is -0.307. The monoisotopic (exact) mass is 514 g/mol. The molecule has 0 aliphatic carbocycles. The van der Waals surface area contributed by atoms with E-state index in [4.69, 9.17) is 4.74 Å². The van der Waals surface area contributed by atoms with E-state index in [1.807, 2.05) is 0 Å². The molecular weight excluding hydrogens is 498 g/mol. The van der Waals surface area contributed by atoms with E-state index in [0.29, 0.717) is 6.07 Å². The summed E-state index contributed by atoms with van der Waals surface area (Å²) in [6.45, 7) is 3.31. The molecule has 160 valence electrons. The standard InChI is InChI=1S/C17H18N4O8S.2K/c1-10(2)20(15-7-5-12(30(26,27)28)9-13(15)17(22)23)19-18-14-6-4-11(21(24)25)8-16(14)29-3;;/h4-10H,1-3H3,(H,22,23)(H,26,27,28);;/q;2*+1/p-2. The van der Waals surface area contributed by atoms with Crippen molar-refractivity contribution in [3.8, 4) is 5.75 Å². The Balaban J connectivity index is 0.00000480. The van der Waals surface area contributed by atoms with Crippen molar-refractivity contribution in [2.75, 3.05) is 12.1 Å². The van der Waals surface area contributed by atoms with E-state index < -0.39 is 37.5 Å². The third-order valence-electron chi connectivity index (χ3n) is 3.84. The summed E-state index contributed by atoms with van der Waals surface area (Å²) < 4.78 is 38.6. The molecule has 0 atom stereocenters. The van der Waals surface area contributed by atoms with Crippen molar-refractivity contribution in [1.82, 2.24) is 0 Å². The van der Waals surface area contributed by atoms with Gasteiger partial charge in [0.1, 0.15) is 15.8 Å². The number of aromatic carboxylic acids is 1. The fraction of sp³-hybridized carbons (Fsp3) is 0.235. The Bertz CT molecular complexity index is 1130. The SMILES string of the molecule is COc1cc([N+](=O)[O-])ccc1N=NN(c1ccc(S(=O)(=O)[O-])cc1C(=O)[O-])C(C)C.[K+].[K+]. The van der Waals surface area contributed by atoms with Gasteiger partial charge in [-0.2, -0.15) is 0 Å². The number of benzene rings is 2. The van der Waals surface area contributed by atoms with Gasteiger partial charge < -0.3 is 19.2 Å². The molecule has 0 saturated heterocycles. The fourth-order valence-electron chi connectivity index (χ4n) is 2.42. The van der Waals surface area contributed by atoms with Gasteiger partial charge in [0.05, 0.1) is 34.7 Å². The number of ether oxygens (including phenoxy) is 1. The Morgan fingerprint density at radius 3 is 2.25 bits per heavy atom. The van der Waals surface area contributed by atoms with Crippen LogP contribution in [0.15, 0.2) is 51.6 Å². The minimum absolute atomic E-state index is 0. The van der Waals surface area contributed by atoms with Crippen LogP contribution >= 0.6 is 0 Å². The van der Waals surface area contributed by atoms with Crippen LogP contribution in [0, 0.1) is 10.1 Å². The molecule has 2 aromatic rings. The molecule has 0 spiro atoms. The predicted octanol–water partition coefficient (Wildman–Crippen LogP) is -4.21. The van der Waals surface area contributed by atoms with Gasteiger partial charge >= 0.3 is 103 Å². The molecule has 15 heteroatoms. The van der Waals surface area contributed by atoms with E-state index in [9.17, 15) is 33.0 Å². The molecule has 0 unspecified atom stereocenters. The average Bonchev–Trinajstić information content (AvgIpc) is 2.66. The van der Waals surface area contributed by atoms with Crippen LogP contribution in [-0.2, 0) is 10.1 Å². The molecule has 32 heavy (non-hydrogen) atoms. The summed E-state index contributed by atoms with van der Waals surface area (Å²) in [4.78, 5) is 21.1. The van der Waals surface area contributed by atoms with E-state index in [-0.39, 0.29) is 126 Å². The van der Waals surface area contributed by atoms with Crippen molar-refractivity contribution in [2.45, 2.75) is 24.8 Å². The van der Waals surface area contributed by atoms with Crippen molar-refractivity contribution in [3.05, 3.63) is 52.1 Å². The molecule has 0 fully saturated rings. The van der Waals surface area contributed by atoms with Crippen LogP contribution in [0.5, 0.6) is 5.75 Å². The first kappa shape index (κ1) is 31.7. The maximum Gasteiger partial charge on any atom is 1.00 e. The van der Waals surface area contributed by atoms with Gasteiger partial charge in [0.15, 0.2) is 5.75 Å². The average molecular weight is 515 g/mol. The number of nitro groups is 1. The molecule has 0 radical (unpaired) electrons. The van der Waals surface area contributed by atoms with Crippen LogP contribution in [0.1, 0.15) is 24.2 Å². The third-order valence-corrected chi connectivity index (χ3v) is 4.67. The predicted molar refractivity (Wildman–Crippen MR) is 101 cm³/mol. The number of carbonyl (C=O) groups excluding carboxylic acids is 1. The molecule has 0 amide bonds. The van der Waals surface area contributed by atoms with Gasteiger partial charge in [-0.05, 0) is 38.1 Å². The van der Waals surface area contributed by atoms with E-state index >= 15 is 0 Å². The number of nitro benzene ring substituents is 1. The second-order valence-electron chi connectivity index (χ2n) is 6.16. The molecule has 0 N–H and O–H groups in total. The minimum atomic E-state index is -4.88. The summed E-state index contributed by atoms with van der Waals surface area (Å²) in [5.41, 5.74) is -0.736. The second kappa shape index (κ2) is 13.5. The summed E-state index contributed by atoms with van der Waals surface area (Å²) in [5.74, 6) is -1.66. The van der Waals surface area contributed by atoms with Gasteiger partial charge in [0, 0.05) is 17.7 Å². The van der Waals surface area contributed by atoms with Crippen molar-refractivity contribution >= 4 is 33.1 Å². The number of methoxy groups -OCH3 is 1. The molecule has 12 nitrogen and oxygen atoms in total. The maximum absolute atomic E-state index is 11.5. The number of anilines is 1. The molecule has 0 aromatic heterocycles. The second-order valence-corrected chi connectivity index (χ2v) is 7.54. The Morgan fingerprint density at radius 2 is 1.78 bits per heavy atom. The van der Waals surface area contributed by atoms with Crippen LogP contribution in [0.25, 0.3) is 0 Å². The normalized spacial score (nSPS) is 10.9. The molecule has 0 heterocycles. The Kier molecular flexibility index (Phi) is 13.4. The summed E-state index contributed by atoms with van der Waals surface area (Å²) >= 11 is 0. The largest absolute Gasteiger partial charge is 1.00 e. The topological polar surface area (TPSA) is 178 Å². The van der Waals surface area contributed by atoms with Gasteiger partial charge in [-0.3, -0.25) is 10.1 Å². The summed E-state index contributed by atoms with van der Waals surface area (Å²) in [6, 6.07) is 5.91. The summed E-state index contributed by atoms with van der Waals surface area (Å²) in [5, 5.41) is 31.5. The molecule has 0 saturated carbocycles. The van der Waals surface area contributed by atoms with Gasteiger partial charge in [0.2, 0.25) is 0 Å². The van der Waals surface area contributed by atoms with Crippen molar-refractivity contribution < 1.29 is 135 Å². The van der Waals surface area contributed by atoms with Gasteiger partial charge in [0.25, 0.3) is 5.69 Å². The summed E-state index contributed by atoms with van der Waals surface area (Å²) in [7, 11) is -3.60. The Labute approximate surface area is 269 Å². The van der Waals surface area contributed by atoms with Crippen LogP contribution in [0.3, 0.4) is 0 Å². The van der Waals surface area contributed by atoms with E-state index in [1.165, 1.54) is 19.2 Å². The van der Waals surface area contributed by atoms with E-state index in [1.54, 1.807) is 13.8 Å². The quantitative estimate of drug-likeness (QED) is 0.111. The number of carboxylic acid groups (broad SMARTS) is 1. The van der Waals surface area contributed by atoms with Crippen LogP contribution < -0.4 is 118 Å². The molecule has 0 bridgehead atoms. The zero-order valence-corrected chi connectivity index (χ0v) is 25.1. The number of hydrogen-bond acceptors (Lipinski definition) is 10. The molecule has 0 aliphatic rings. The van der Waals surface area contributed by atoms with Gasteiger partial charge in [-0.25, -0.2) is 13.4 Å². The van der Waals surface area contributed by atoms with Crippen molar-refractivity contribution in [1.29, 1.82) is 0 Å². The zero-order valence-electron chi connectivity index (χ0n) is 18.0. The van der Waals surface area contributed by atoms with E-state index in [2.05, 4.69) is 10.3 Å². The molecular formula is C17H16K2N4O8S. The number of rotatable bonds is 8. The first-order valence-corrected chi connectivity index (χ1v) is 9.71. The van der Waals surface area contributed by atoms with Crippen LogP contribution in [-0.4, -0.2) is 37.0 Å². The third kappa shape index (κ3) is 8.17. The number of carbonyl (C=O) groups is 1. The fourth-order valence-corrected chi connectivity index (χ4v) is 2.92. The van der Waals surface area contributed by atoms with Crippen LogP contribution in [0.4, 0.5) is 17.1 Å². The number of carboxylic acids is 1. The first-order chi connectivity index (χ1) is 14.0. The maximum atomic E-state index is 11.5. The molecule has 2 aromatic carbocycles. The number of hydrogen-bond donors (Lipinski definition) is 0. The Morgan fingerprint density at radius 1 is 1.16 bits per heavy atom. The van der Waals surface area contributed by atoms with E-state index in [0.717, 1.165) is 23.2 Å². The first-order valence-electron chi connectivity index (χ1n) is 8.30. The van der Waals surface area contributed by atoms with Crippen molar-refractivity contribution in [3.63, 3.8) is 0 Å². The van der Waals surface area contributed by atoms with Gasteiger partial charge in [-0.1, -0.05) is 5.22 Å². The van der Waals surface area contributed by atoms with Crippen molar-refractivity contribution in [2.24, 2.45) is 10.3 Å². The number of non-ortho nitro benzene ring substituents is 1. The smallest absolute Gasteiger partial charge is 0.744 e. The number of nitrogens with zero attached hydrogens (tertiary/aromatic N) is 4. The minimum Gasteiger partial charge on any atom is -0.744 e.